The number of hydrogen-bond donors (Lipinski definition) is 1. The molecule has 0 fully saturated rings. The van der Waals surface area contributed by atoms with Gasteiger partial charge in [0.1, 0.15) is 5.92 Å². The molecule has 0 spiro atoms. The topological polar surface area (TPSA) is 72.5 Å². The summed E-state index contributed by atoms with van der Waals surface area (Å²) in [5.74, 6) is -2.60. The zero-order valence-electron chi connectivity index (χ0n) is 14.5. The van der Waals surface area contributed by atoms with Crippen LogP contribution in [0.4, 0.5) is 0 Å². The van der Waals surface area contributed by atoms with Crippen molar-refractivity contribution in [2.24, 2.45) is 11.8 Å². The predicted octanol–water partition coefficient (Wildman–Crippen LogP) is 3.64. The number of nitrogens with one attached hydrogen (secondary N) is 1. The summed E-state index contributed by atoms with van der Waals surface area (Å²) in [6.07, 6.45) is 0.522. The monoisotopic (exact) mass is 395 g/mol. The molecule has 0 aromatic heterocycles. The van der Waals surface area contributed by atoms with Crippen molar-refractivity contribution in [1.82, 2.24) is 5.32 Å². The SMILES string of the molecule is CCOC(=O)C1C(=O)C2=C(CC1C)NC(=O)CC2c1ccc(Cl)cc1Cl. The van der Waals surface area contributed by atoms with Gasteiger partial charge in [0, 0.05) is 33.7 Å². The number of halogens is 2. The van der Waals surface area contributed by atoms with Gasteiger partial charge in [-0.15, -0.1) is 0 Å². The molecule has 1 amide bonds. The van der Waals surface area contributed by atoms with Gasteiger partial charge in [0.25, 0.3) is 0 Å². The molecular formula is C19H19Cl2NO4. The second kappa shape index (κ2) is 7.41. The molecule has 0 saturated heterocycles. The molecule has 5 nitrogen and oxygen atoms in total. The first-order valence-corrected chi connectivity index (χ1v) is 9.27. The molecule has 1 aliphatic carbocycles. The molecule has 1 aromatic rings. The van der Waals surface area contributed by atoms with Crippen LogP contribution in [0.1, 0.15) is 38.2 Å². The highest BCUT2D eigenvalue weighted by atomic mass is 35.5. The predicted molar refractivity (Wildman–Crippen MR) is 97.9 cm³/mol. The van der Waals surface area contributed by atoms with Crippen molar-refractivity contribution in [2.45, 2.75) is 32.6 Å². The number of hydrogen-bond acceptors (Lipinski definition) is 4. The van der Waals surface area contributed by atoms with Gasteiger partial charge in [0.2, 0.25) is 5.91 Å². The molecule has 3 atom stereocenters. The molecule has 1 aromatic carbocycles. The fourth-order valence-corrected chi connectivity index (χ4v) is 4.29. The summed E-state index contributed by atoms with van der Waals surface area (Å²) in [6, 6.07) is 4.99. The van der Waals surface area contributed by atoms with Crippen LogP contribution in [0.15, 0.2) is 29.5 Å². The number of amides is 1. The number of ether oxygens (including phenoxy) is 1. The molecule has 2 aliphatic rings. The van der Waals surface area contributed by atoms with Crippen LogP contribution in [0, 0.1) is 11.8 Å². The maximum Gasteiger partial charge on any atom is 0.317 e. The van der Waals surface area contributed by atoms with E-state index >= 15 is 0 Å². The minimum Gasteiger partial charge on any atom is -0.465 e. The molecule has 3 rings (SSSR count). The van der Waals surface area contributed by atoms with Crippen LogP contribution in [0.2, 0.25) is 10.0 Å². The summed E-state index contributed by atoms with van der Waals surface area (Å²) in [6.45, 7) is 3.73. The Morgan fingerprint density at radius 2 is 2.00 bits per heavy atom. The highest BCUT2D eigenvalue weighted by Gasteiger charge is 2.45. The third-order valence-corrected chi connectivity index (χ3v) is 5.44. The van der Waals surface area contributed by atoms with Crippen molar-refractivity contribution >= 4 is 40.9 Å². The van der Waals surface area contributed by atoms with Crippen molar-refractivity contribution in [2.75, 3.05) is 6.61 Å². The number of rotatable bonds is 3. The van der Waals surface area contributed by atoms with Gasteiger partial charge in [-0.3, -0.25) is 14.4 Å². The first kappa shape index (κ1) is 18.9. The molecule has 1 N–H and O–H groups in total. The van der Waals surface area contributed by atoms with Gasteiger partial charge < -0.3 is 10.1 Å². The van der Waals surface area contributed by atoms with Gasteiger partial charge in [-0.05, 0) is 37.0 Å². The molecular weight excluding hydrogens is 377 g/mol. The van der Waals surface area contributed by atoms with Crippen LogP contribution >= 0.6 is 23.2 Å². The minimum atomic E-state index is -0.864. The Bertz CT molecular complexity index is 818. The Morgan fingerprint density at radius 3 is 2.65 bits per heavy atom. The quantitative estimate of drug-likeness (QED) is 0.626. The molecule has 7 heteroatoms. The average molecular weight is 396 g/mol. The molecule has 0 saturated carbocycles. The van der Waals surface area contributed by atoms with E-state index in [0.29, 0.717) is 33.3 Å². The van der Waals surface area contributed by atoms with Crippen molar-refractivity contribution in [1.29, 1.82) is 0 Å². The standard InChI is InChI=1S/C19H19Cl2NO4/c1-3-26-19(25)16-9(2)6-14-17(18(16)24)12(8-15(23)22-14)11-5-4-10(20)7-13(11)21/h4-5,7,9,12,16H,3,6,8H2,1-2H3,(H,22,23). The third-order valence-electron chi connectivity index (χ3n) is 4.87. The summed E-state index contributed by atoms with van der Waals surface area (Å²) < 4.78 is 5.09. The number of esters is 1. The van der Waals surface area contributed by atoms with Gasteiger partial charge in [0.15, 0.2) is 5.78 Å². The van der Waals surface area contributed by atoms with E-state index < -0.39 is 17.8 Å². The van der Waals surface area contributed by atoms with E-state index in [1.807, 2.05) is 6.92 Å². The van der Waals surface area contributed by atoms with E-state index in [4.69, 9.17) is 27.9 Å². The fraction of sp³-hybridized carbons (Fsp3) is 0.421. The van der Waals surface area contributed by atoms with E-state index in [2.05, 4.69) is 5.32 Å². The second-order valence-corrected chi connectivity index (χ2v) is 7.48. The van der Waals surface area contributed by atoms with Gasteiger partial charge in [-0.2, -0.15) is 0 Å². The summed E-state index contributed by atoms with van der Waals surface area (Å²) in [7, 11) is 0. The van der Waals surface area contributed by atoms with Gasteiger partial charge in [-0.1, -0.05) is 36.2 Å². The van der Waals surface area contributed by atoms with Crippen molar-refractivity contribution in [3.8, 4) is 0 Å². The molecule has 1 aliphatic heterocycles. The lowest BCUT2D eigenvalue weighted by atomic mass is 9.70. The van der Waals surface area contributed by atoms with Crippen molar-refractivity contribution in [3.63, 3.8) is 0 Å². The molecule has 26 heavy (non-hydrogen) atoms. The average Bonchev–Trinajstić information content (AvgIpc) is 2.53. The van der Waals surface area contributed by atoms with E-state index in [9.17, 15) is 14.4 Å². The first-order valence-electron chi connectivity index (χ1n) is 8.52. The van der Waals surface area contributed by atoms with E-state index in [1.54, 1.807) is 25.1 Å². The van der Waals surface area contributed by atoms with Crippen molar-refractivity contribution in [3.05, 3.63) is 45.1 Å². The van der Waals surface area contributed by atoms with Crippen LogP contribution < -0.4 is 5.32 Å². The van der Waals surface area contributed by atoms with E-state index in [-0.39, 0.29) is 30.6 Å². The number of allylic oxidation sites excluding steroid dienone is 2. The lowest BCUT2D eigenvalue weighted by Crippen LogP contribution is -2.44. The van der Waals surface area contributed by atoms with Gasteiger partial charge in [0.05, 0.1) is 6.61 Å². The molecule has 0 radical (unpaired) electrons. The highest BCUT2D eigenvalue weighted by molar-refractivity contribution is 6.35. The lowest BCUT2D eigenvalue weighted by Gasteiger charge is -2.36. The van der Waals surface area contributed by atoms with E-state index in [0.717, 1.165) is 0 Å². The Kier molecular flexibility index (Phi) is 5.39. The lowest BCUT2D eigenvalue weighted by molar-refractivity contribution is -0.153. The van der Waals surface area contributed by atoms with Crippen LogP contribution in [0.3, 0.4) is 0 Å². The smallest absolute Gasteiger partial charge is 0.317 e. The molecule has 138 valence electrons. The first-order chi connectivity index (χ1) is 12.3. The van der Waals surface area contributed by atoms with Crippen LogP contribution in [0.5, 0.6) is 0 Å². The Hall–Kier alpha value is -1.85. The van der Waals surface area contributed by atoms with Crippen LogP contribution in [0.25, 0.3) is 0 Å². The fourth-order valence-electron chi connectivity index (χ4n) is 3.75. The van der Waals surface area contributed by atoms with Crippen molar-refractivity contribution < 1.29 is 19.1 Å². The third kappa shape index (κ3) is 3.38. The molecule has 3 unspecified atom stereocenters. The Labute approximate surface area is 161 Å². The summed E-state index contributed by atoms with van der Waals surface area (Å²) in [4.78, 5) is 37.7. The number of Topliss-reactive ketones (excluding diaryl/α,β-unsaturated/α-hetero) is 1. The number of carbonyl (C=O) groups is 3. The molecule has 1 heterocycles. The van der Waals surface area contributed by atoms with Gasteiger partial charge in [-0.25, -0.2) is 0 Å². The highest BCUT2D eigenvalue weighted by Crippen LogP contribution is 2.44. The summed E-state index contributed by atoms with van der Waals surface area (Å²) in [5.41, 5.74) is 1.68. The van der Waals surface area contributed by atoms with Crippen LogP contribution in [-0.2, 0) is 19.1 Å². The normalized spacial score (nSPS) is 25.6. The summed E-state index contributed by atoms with van der Waals surface area (Å²) >= 11 is 12.3. The van der Waals surface area contributed by atoms with E-state index in [1.165, 1.54) is 0 Å². The minimum absolute atomic E-state index is 0.0931. The summed E-state index contributed by atoms with van der Waals surface area (Å²) in [5, 5.41) is 3.66. The number of carbonyl (C=O) groups excluding carboxylic acids is 3. The maximum absolute atomic E-state index is 13.2. The molecule has 0 bridgehead atoms. The largest absolute Gasteiger partial charge is 0.465 e. The second-order valence-electron chi connectivity index (χ2n) is 6.64. The number of ketones is 1. The Balaban J connectivity index is 2.07. The van der Waals surface area contributed by atoms with Gasteiger partial charge >= 0.3 is 5.97 Å². The zero-order chi connectivity index (χ0) is 19.0. The zero-order valence-corrected chi connectivity index (χ0v) is 16.0. The Morgan fingerprint density at radius 1 is 1.27 bits per heavy atom. The maximum atomic E-state index is 13.2. The number of benzene rings is 1. The van der Waals surface area contributed by atoms with Crippen LogP contribution in [-0.4, -0.2) is 24.3 Å².